The fourth-order valence-electron chi connectivity index (χ4n) is 1.36. The molecule has 0 aliphatic carbocycles. The minimum Gasteiger partial charge on any atom is -0.398 e. The number of anilines is 1. The van der Waals surface area contributed by atoms with Crippen molar-refractivity contribution >= 4 is 17.3 Å². The Morgan fingerprint density at radius 2 is 1.86 bits per heavy atom. The molecule has 0 bridgehead atoms. The van der Waals surface area contributed by atoms with E-state index in [-0.39, 0.29) is 0 Å². The van der Waals surface area contributed by atoms with Crippen molar-refractivity contribution in [2.75, 3.05) is 5.73 Å². The molecule has 0 radical (unpaired) electrons. The number of nitrogens with zero attached hydrogens (tertiary/aromatic N) is 1. The Hall–Kier alpha value is -1.41. The second-order valence-electron chi connectivity index (χ2n) is 3.24. The fraction of sp³-hybridized carbons (Fsp3) is 0.0909. The molecule has 0 spiro atoms. The Balaban J connectivity index is 2.15. The maximum atomic E-state index is 5.79. The molecule has 0 saturated heterocycles. The van der Waals surface area contributed by atoms with E-state index < -0.39 is 0 Å². The number of aromatic nitrogens is 1. The Kier molecular flexibility index (Phi) is 2.46. The highest BCUT2D eigenvalue weighted by Crippen LogP contribution is 2.11. The Bertz CT molecular complexity index is 417. The summed E-state index contributed by atoms with van der Waals surface area (Å²) in [5, 5.41) is 0.765. The molecule has 0 aliphatic rings. The van der Waals surface area contributed by atoms with Gasteiger partial charge in [0.2, 0.25) is 0 Å². The number of hydrogen-bond donors (Lipinski definition) is 1. The van der Waals surface area contributed by atoms with Gasteiger partial charge >= 0.3 is 0 Å². The summed E-state index contributed by atoms with van der Waals surface area (Å²) in [6.45, 7) is 0.828. The first-order chi connectivity index (χ1) is 6.74. The molecule has 0 aliphatic heterocycles. The topological polar surface area (TPSA) is 30.9 Å². The van der Waals surface area contributed by atoms with Crippen LogP contribution in [0.4, 0.5) is 5.69 Å². The van der Waals surface area contributed by atoms with Crippen molar-refractivity contribution in [2.24, 2.45) is 0 Å². The molecule has 3 heteroatoms. The molecule has 0 amide bonds. The van der Waals surface area contributed by atoms with Gasteiger partial charge < -0.3 is 10.3 Å². The van der Waals surface area contributed by atoms with Crippen molar-refractivity contribution in [3.8, 4) is 0 Å². The second kappa shape index (κ2) is 3.76. The lowest BCUT2D eigenvalue weighted by atomic mass is 10.2. The predicted octanol–water partition coefficient (Wildman–Crippen LogP) is 2.77. The van der Waals surface area contributed by atoms with Crippen molar-refractivity contribution in [3.05, 3.63) is 53.3 Å². The maximum absolute atomic E-state index is 5.79. The molecular formula is C11H11ClN2. The lowest BCUT2D eigenvalue weighted by Gasteiger charge is -2.02. The number of rotatable bonds is 2. The van der Waals surface area contributed by atoms with Crippen LogP contribution in [0.3, 0.4) is 0 Å². The molecule has 72 valence electrons. The van der Waals surface area contributed by atoms with Gasteiger partial charge in [0, 0.05) is 29.6 Å². The highest BCUT2D eigenvalue weighted by Gasteiger charge is 1.95. The van der Waals surface area contributed by atoms with E-state index in [1.165, 1.54) is 5.56 Å². The Morgan fingerprint density at radius 1 is 1.14 bits per heavy atom. The normalized spacial score (nSPS) is 10.4. The average Bonchev–Trinajstić information content (AvgIpc) is 2.56. The number of halogens is 1. The lowest BCUT2D eigenvalue weighted by molar-refractivity contribution is 0.807. The van der Waals surface area contributed by atoms with Crippen LogP contribution in [0.15, 0.2) is 42.7 Å². The van der Waals surface area contributed by atoms with Gasteiger partial charge in [-0.1, -0.05) is 23.7 Å². The zero-order valence-corrected chi connectivity index (χ0v) is 8.41. The Labute approximate surface area is 87.9 Å². The molecule has 1 aromatic carbocycles. The molecular weight excluding hydrogens is 196 g/mol. The number of nitrogen functional groups attached to an aromatic ring is 1. The number of hydrogen-bond acceptors (Lipinski definition) is 1. The molecule has 1 aromatic heterocycles. The summed E-state index contributed by atoms with van der Waals surface area (Å²) >= 11 is 5.79. The van der Waals surface area contributed by atoms with Gasteiger partial charge in [-0.2, -0.15) is 0 Å². The van der Waals surface area contributed by atoms with E-state index in [9.17, 15) is 0 Å². The van der Waals surface area contributed by atoms with E-state index in [0.29, 0.717) is 0 Å². The summed E-state index contributed by atoms with van der Waals surface area (Å²) in [7, 11) is 0. The highest BCUT2D eigenvalue weighted by atomic mass is 35.5. The third-order valence-corrected chi connectivity index (χ3v) is 2.30. The van der Waals surface area contributed by atoms with Crippen molar-refractivity contribution in [1.29, 1.82) is 0 Å². The summed E-state index contributed by atoms with van der Waals surface area (Å²) in [4.78, 5) is 0. The van der Waals surface area contributed by atoms with Crippen LogP contribution in [0, 0.1) is 0 Å². The van der Waals surface area contributed by atoms with Crippen molar-refractivity contribution < 1.29 is 0 Å². The van der Waals surface area contributed by atoms with Gasteiger partial charge in [-0.15, -0.1) is 0 Å². The third-order valence-electron chi connectivity index (χ3n) is 2.05. The standard InChI is InChI=1S/C11H11ClN2/c12-10-3-1-9(2-4-10)7-14-6-5-11(13)8-14/h1-6,8H,7,13H2. The summed E-state index contributed by atoms with van der Waals surface area (Å²) in [5.41, 5.74) is 7.62. The van der Waals surface area contributed by atoms with E-state index in [1.807, 2.05) is 47.3 Å². The molecule has 0 atom stereocenters. The fourth-order valence-corrected chi connectivity index (χ4v) is 1.48. The Morgan fingerprint density at radius 3 is 2.43 bits per heavy atom. The minimum absolute atomic E-state index is 0.765. The molecule has 14 heavy (non-hydrogen) atoms. The predicted molar refractivity (Wildman–Crippen MR) is 59.4 cm³/mol. The molecule has 0 unspecified atom stereocenters. The largest absolute Gasteiger partial charge is 0.398 e. The monoisotopic (exact) mass is 206 g/mol. The lowest BCUT2D eigenvalue weighted by Crippen LogP contribution is -1.95. The van der Waals surface area contributed by atoms with Crippen LogP contribution in [0.1, 0.15) is 5.56 Å². The molecule has 2 rings (SSSR count). The highest BCUT2D eigenvalue weighted by molar-refractivity contribution is 6.30. The van der Waals surface area contributed by atoms with Gasteiger partial charge in [0.1, 0.15) is 0 Å². The van der Waals surface area contributed by atoms with E-state index in [4.69, 9.17) is 17.3 Å². The van der Waals surface area contributed by atoms with Gasteiger partial charge in [-0.25, -0.2) is 0 Å². The minimum atomic E-state index is 0.765. The summed E-state index contributed by atoms with van der Waals surface area (Å²) in [6.07, 6.45) is 3.87. The molecule has 2 N–H and O–H groups in total. The molecule has 0 fully saturated rings. The number of nitrogens with two attached hydrogens (primary N) is 1. The van der Waals surface area contributed by atoms with E-state index >= 15 is 0 Å². The van der Waals surface area contributed by atoms with Gasteiger partial charge in [0.25, 0.3) is 0 Å². The van der Waals surface area contributed by atoms with Crippen LogP contribution in [-0.4, -0.2) is 4.57 Å². The van der Waals surface area contributed by atoms with Crippen LogP contribution >= 0.6 is 11.6 Å². The smallest absolute Gasteiger partial charge is 0.0493 e. The van der Waals surface area contributed by atoms with Crippen molar-refractivity contribution in [2.45, 2.75) is 6.54 Å². The van der Waals surface area contributed by atoms with E-state index in [2.05, 4.69) is 0 Å². The van der Waals surface area contributed by atoms with Crippen LogP contribution in [0.5, 0.6) is 0 Å². The maximum Gasteiger partial charge on any atom is 0.0493 e. The first-order valence-corrected chi connectivity index (χ1v) is 4.77. The van der Waals surface area contributed by atoms with Crippen molar-refractivity contribution in [1.82, 2.24) is 4.57 Å². The number of benzene rings is 1. The first-order valence-electron chi connectivity index (χ1n) is 4.40. The summed E-state index contributed by atoms with van der Waals surface area (Å²) in [5.74, 6) is 0. The third kappa shape index (κ3) is 2.09. The molecule has 0 saturated carbocycles. The summed E-state index contributed by atoms with van der Waals surface area (Å²) < 4.78 is 2.04. The van der Waals surface area contributed by atoms with Crippen LogP contribution in [0.25, 0.3) is 0 Å². The van der Waals surface area contributed by atoms with Crippen LogP contribution in [-0.2, 0) is 6.54 Å². The van der Waals surface area contributed by atoms with Gasteiger partial charge in [-0.3, -0.25) is 0 Å². The molecule has 1 heterocycles. The van der Waals surface area contributed by atoms with E-state index in [0.717, 1.165) is 17.3 Å². The molecule has 2 aromatic rings. The molecule has 2 nitrogen and oxygen atoms in total. The van der Waals surface area contributed by atoms with Gasteiger partial charge in [0.15, 0.2) is 0 Å². The van der Waals surface area contributed by atoms with Gasteiger partial charge in [-0.05, 0) is 23.8 Å². The zero-order valence-electron chi connectivity index (χ0n) is 7.65. The van der Waals surface area contributed by atoms with E-state index in [1.54, 1.807) is 0 Å². The quantitative estimate of drug-likeness (QED) is 0.805. The summed E-state index contributed by atoms with van der Waals surface area (Å²) in [6, 6.07) is 9.69. The van der Waals surface area contributed by atoms with Gasteiger partial charge in [0.05, 0.1) is 0 Å². The second-order valence-corrected chi connectivity index (χ2v) is 3.68. The average molecular weight is 207 g/mol. The van der Waals surface area contributed by atoms with Crippen LogP contribution < -0.4 is 5.73 Å². The SMILES string of the molecule is Nc1ccn(Cc2ccc(Cl)cc2)c1. The zero-order chi connectivity index (χ0) is 9.97. The van der Waals surface area contributed by atoms with Crippen molar-refractivity contribution in [3.63, 3.8) is 0 Å². The first kappa shape index (κ1) is 9.16. The van der Waals surface area contributed by atoms with Crippen LogP contribution in [0.2, 0.25) is 5.02 Å².